The van der Waals surface area contributed by atoms with Crippen molar-refractivity contribution in [2.24, 2.45) is 5.41 Å². The van der Waals surface area contributed by atoms with Gasteiger partial charge in [0, 0.05) is 5.92 Å². The van der Waals surface area contributed by atoms with Crippen molar-refractivity contribution in [2.45, 2.75) is 38.6 Å². The third-order valence-electron chi connectivity index (χ3n) is 5.33. The molecule has 1 saturated carbocycles. The molecule has 2 fully saturated rings. The first-order chi connectivity index (χ1) is 10.3. The van der Waals surface area contributed by atoms with Gasteiger partial charge in [-0.3, -0.25) is 0 Å². The largest absolute Gasteiger partial charge is 0.317 e. The highest BCUT2D eigenvalue weighted by molar-refractivity contribution is 5.27. The van der Waals surface area contributed by atoms with E-state index in [2.05, 4.69) is 51.3 Å². The molecule has 4 rings (SSSR count). The molecule has 4 nitrogen and oxygen atoms in total. The Labute approximate surface area is 125 Å². The molecular formula is C17H22N4. The Balaban J connectivity index is 1.56. The normalized spacial score (nSPS) is 23.4. The molecule has 0 unspecified atom stereocenters. The highest BCUT2D eigenvalue weighted by Crippen LogP contribution is 2.63. The number of nitrogens with zero attached hydrogens (tertiary/aromatic N) is 3. The summed E-state index contributed by atoms with van der Waals surface area (Å²) >= 11 is 0. The number of hydrogen-bond donors (Lipinski definition) is 1. The van der Waals surface area contributed by atoms with Gasteiger partial charge in [-0.25, -0.2) is 9.67 Å². The molecule has 2 aliphatic rings. The maximum atomic E-state index is 4.59. The number of rotatable bonds is 3. The van der Waals surface area contributed by atoms with E-state index in [0.717, 1.165) is 19.6 Å². The lowest BCUT2D eigenvalue weighted by Crippen LogP contribution is -2.29. The quantitative estimate of drug-likeness (QED) is 0.940. The van der Waals surface area contributed by atoms with Crippen molar-refractivity contribution >= 4 is 0 Å². The van der Waals surface area contributed by atoms with Crippen LogP contribution in [0.4, 0.5) is 0 Å². The van der Waals surface area contributed by atoms with E-state index in [0.29, 0.717) is 11.3 Å². The van der Waals surface area contributed by atoms with Crippen LogP contribution in [-0.4, -0.2) is 27.9 Å². The Bertz CT molecular complexity index is 640. The van der Waals surface area contributed by atoms with Crippen molar-refractivity contribution in [1.29, 1.82) is 0 Å². The highest BCUT2D eigenvalue weighted by atomic mass is 15.3. The number of aryl methyl sites for hydroxylation is 1. The van der Waals surface area contributed by atoms with Gasteiger partial charge in [-0.05, 0) is 55.8 Å². The van der Waals surface area contributed by atoms with Gasteiger partial charge >= 0.3 is 0 Å². The molecule has 1 spiro atoms. The molecule has 2 aromatic rings. The summed E-state index contributed by atoms with van der Waals surface area (Å²) in [7, 11) is 0. The van der Waals surface area contributed by atoms with Crippen LogP contribution >= 0.6 is 0 Å². The van der Waals surface area contributed by atoms with Crippen molar-refractivity contribution in [1.82, 2.24) is 20.1 Å². The topological polar surface area (TPSA) is 42.7 Å². The SMILES string of the molecule is Cc1ccccc1Cn1ncnc1[C@H]1CC12CCNCC2. The Hall–Kier alpha value is -1.68. The summed E-state index contributed by atoms with van der Waals surface area (Å²) in [5, 5.41) is 7.95. The van der Waals surface area contributed by atoms with Gasteiger partial charge in [0.15, 0.2) is 0 Å². The molecule has 1 aliphatic heterocycles. The molecule has 2 heterocycles. The molecule has 0 amide bonds. The van der Waals surface area contributed by atoms with Crippen molar-refractivity contribution < 1.29 is 0 Å². The van der Waals surface area contributed by atoms with Gasteiger partial charge in [-0.15, -0.1) is 0 Å². The van der Waals surface area contributed by atoms with Gasteiger partial charge < -0.3 is 5.32 Å². The smallest absolute Gasteiger partial charge is 0.138 e. The molecule has 0 bridgehead atoms. The minimum absolute atomic E-state index is 0.516. The average Bonchev–Trinajstić information content (AvgIpc) is 2.98. The van der Waals surface area contributed by atoms with Gasteiger partial charge in [-0.2, -0.15) is 5.10 Å². The van der Waals surface area contributed by atoms with E-state index in [9.17, 15) is 0 Å². The number of benzene rings is 1. The van der Waals surface area contributed by atoms with E-state index < -0.39 is 0 Å². The first kappa shape index (κ1) is 13.0. The summed E-state index contributed by atoms with van der Waals surface area (Å²) in [4.78, 5) is 4.59. The van der Waals surface area contributed by atoms with Gasteiger partial charge in [-0.1, -0.05) is 24.3 Å². The summed E-state index contributed by atoms with van der Waals surface area (Å²) in [5.41, 5.74) is 3.18. The van der Waals surface area contributed by atoms with E-state index in [1.165, 1.54) is 36.2 Å². The Morgan fingerprint density at radius 2 is 2.10 bits per heavy atom. The summed E-state index contributed by atoms with van der Waals surface area (Å²) in [5.74, 6) is 1.81. The van der Waals surface area contributed by atoms with Crippen LogP contribution in [0, 0.1) is 12.3 Å². The number of piperidine rings is 1. The van der Waals surface area contributed by atoms with Crippen LogP contribution in [-0.2, 0) is 6.54 Å². The summed E-state index contributed by atoms with van der Waals surface area (Å²) < 4.78 is 2.11. The molecule has 0 radical (unpaired) electrons. The van der Waals surface area contributed by atoms with Gasteiger partial charge in [0.05, 0.1) is 6.54 Å². The maximum absolute atomic E-state index is 4.59. The summed E-state index contributed by atoms with van der Waals surface area (Å²) in [6.45, 7) is 5.31. The van der Waals surface area contributed by atoms with Gasteiger partial charge in [0.2, 0.25) is 0 Å². The highest BCUT2D eigenvalue weighted by Gasteiger charge is 2.56. The molecule has 1 aromatic heterocycles. The number of nitrogens with one attached hydrogen (secondary N) is 1. The van der Waals surface area contributed by atoms with Crippen LogP contribution in [0.2, 0.25) is 0 Å². The Morgan fingerprint density at radius 3 is 2.90 bits per heavy atom. The minimum atomic E-state index is 0.516. The number of aromatic nitrogens is 3. The van der Waals surface area contributed by atoms with Crippen molar-refractivity contribution in [3.63, 3.8) is 0 Å². The summed E-state index contributed by atoms with van der Waals surface area (Å²) in [6, 6.07) is 8.54. The zero-order valence-corrected chi connectivity index (χ0v) is 12.5. The molecule has 1 saturated heterocycles. The zero-order valence-electron chi connectivity index (χ0n) is 12.5. The lowest BCUT2D eigenvalue weighted by molar-refractivity contribution is 0.337. The van der Waals surface area contributed by atoms with E-state index >= 15 is 0 Å². The first-order valence-electron chi connectivity index (χ1n) is 7.91. The van der Waals surface area contributed by atoms with Crippen molar-refractivity contribution in [3.8, 4) is 0 Å². The molecular weight excluding hydrogens is 260 g/mol. The predicted octanol–water partition coefficient (Wildman–Crippen LogP) is 2.49. The molecule has 21 heavy (non-hydrogen) atoms. The zero-order chi connectivity index (χ0) is 14.3. The Kier molecular flexibility index (Phi) is 3.07. The van der Waals surface area contributed by atoms with Crippen molar-refractivity contribution in [3.05, 3.63) is 47.5 Å². The number of hydrogen-bond acceptors (Lipinski definition) is 3. The first-order valence-corrected chi connectivity index (χ1v) is 7.91. The lowest BCUT2D eigenvalue weighted by atomic mass is 9.92. The van der Waals surface area contributed by atoms with Crippen LogP contribution in [0.3, 0.4) is 0 Å². The molecule has 1 atom stereocenters. The van der Waals surface area contributed by atoms with Crippen LogP contribution in [0.5, 0.6) is 0 Å². The predicted molar refractivity (Wildman–Crippen MR) is 82.2 cm³/mol. The molecule has 1 aliphatic carbocycles. The lowest BCUT2D eigenvalue weighted by Gasteiger charge is -2.23. The van der Waals surface area contributed by atoms with Crippen LogP contribution < -0.4 is 5.32 Å². The van der Waals surface area contributed by atoms with E-state index in [1.54, 1.807) is 6.33 Å². The van der Waals surface area contributed by atoms with Gasteiger partial charge in [0.25, 0.3) is 0 Å². The van der Waals surface area contributed by atoms with Crippen LogP contribution in [0.15, 0.2) is 30.6 Å². The second kappa shape index (κ2) is 4.95. The van der Waals surface area contributed by atoms with E-state index in [1.807, 2.05) is 0 Å². The fraction of sp³-hybridized carbons (Fsp3) is 0.529. The average molecular weight is 282 g/mol. The molecule has 4 heteroatoms. The van der Waals surface area contributed by atoms with E-state index in [-0.39, 0.29) is 0 Å². The second-order valence-electron chi connectivity index (χ2n) is 6.57. The van der Waals surface area contributed by atoms with Crippen molar-refractivity contribution in [2.75, 3.05) is 13.1 Å². The standard InChI is InChI=1S/C17H22N4/c1-13-4-2-3-5-14(13)11-21-16(19-12-20-21)15-10-17(15)6-8-18-9-7-17/h2-5,12,15,18H,6-11H2,1H3/t15-/m1/s1. The van der Waals surface area contributed by atoms with Crippen LogP contribution in [0.1, 0.15) is 42.1 Å². The fourth-order valence-corrected chi connectivity index (χ4v) is 3.80. The fourth-order valence-electron chi connectivity index (χ4n) is 3.80. The molecule has 1 N–H and O–H groups in total. The minimum Gasteiger partial charge on any atom is -0.317 e. The van der Waals surface area contributed by atoms with E-state index in [4.69, 9.17) is 0 Å². The summed E-state index contributed by atoms with van der Waals surface area (Å²) in [6.07, 6.45) is 5.59. The monoisotopic (exact) mass is 282 g/mol. The maximum Gasteiger partial charge on any atom is 0.138 e. The van der Waals surface area contributed by atoms with Gasteiger partial charge in [0.1, 0.15) is 12.2 Å². The Morgan fingerprint density at radius 1 is 1.29 bits per heavy atom. The molecule has 110 valence electrons. The van der Waals surface area contributed by atoms with Crippen LogP contribution in [0.25, 0.3) is 0 Å². The third kappa shape index (κ3) is 2.27. The second-order valence-corrected chi connectivity index (χ2v) is 6.57. The molecule has 1 aromatic carbocycles. The third-order valence-corrected chi connectivity index (χ3v) is 5.33.